The molecule has 1 atom stereocenters. The summed E-state index contributed by atoms with van der Waals surface area (Å²) in [6, 6.07) is 0.185. The standard InChI is InChI=1S/C21H43N3O3S/c1-5-19(24(14-16-25)15-17-26)10-12-22-11-8-9-20(27)23-13-18-28-21(4,6-2)7-3/h10,12,19,22,25-26H,5-9,11,13-18H2,1-4H3,(H,23,27). The Labute approximate surface area is 176 Å². The van der Waals surface area contributed by atoms with Gasteiger partial charge in [0.2, 0.25) is 5.91 Å². The van der Waals surface area contributed by atoms with E-state index in [4.69, 9.17) is 10.2 Å². The zero-order valence-electron chi connectivity index (χ0n) is 18.4. The van der Waals surface area contributed by atoms with Gasteiger partial charge in [0, 0.05) is 49.1 Å². The van der Waals surface area contributed by atoms with Gasteiger partial charge in [-0.3, -0.25) is 9.69 Å². The molecule has 7 heteroatoms. The molecule has 1 amide bonds. The van der Waals surface area contributed by atoms with Crippen molar-refractivity contribution in [2.75, 3.05) is 45.1 Å². The van der Waals surface area contributed by atoms with Crippen LogP contribution in [0.1, 0.15) is 59.8 Å². The van der Waals surface area contributed by atoms with Crippen LogP contribution in [0.3, 0.4) is 0 Å². The van der Waals surface area contributed by atoms with Crippen molar-refractivity contribution in [2.24, 2.45) is 0 Å². The van der Waals surface area contributed by atoms with Crippen molar-refractivity contribution in [3.63, 3.8) is 0 Å². The molecule has 0 aliphatic carbocycles. The van der Waals surface area contributed by atoms with E-state index in [1.54, 1.807) is 0 Å². The summed E-state index contributed by atoms with van der Waals surface area (Å²) < 4.78 is 0.321. The Hall–Kier alpha value is -0.760. The normalized spacial score (nSPS) is 13.2. The third kappa shape index (κ3) is 12.6. The number of hydrogen-bond donors (Lipinski definition) is 4. The Kier molecular flexibility index (Phi) is 16.7. The lowest BCUT2D eigenvalue weighted by molar-refractivity contribution is -0.121. The molecule has 0 aromatic heterocycles. The number of carbonyl (C=O) groups is 1. The second-order valence-corrected chi connectivity index (χ2v) is 8.91. The number of nitrogens with one attached hydrogen (secondary N) is 2. The lowest BCUT2D eigenvalue weighted by Gasteiger charge is -2.27. The van der Waals surface area contributed by atoms with Gasteiger partial charge in [0.1, 0.15) is 0 Å². The summed E-state index contributed by atoms with van der Waals surface area (Å²) in [6.45, 7) is 11.6. The van der Waals surface area contributed by atoms with Crippen molar-refractivity contribution in [3.8, 4) is 0 Å². The van der Waals surface area contributed by atoms with Gasteiger partial charge in [0.25, 0.3) is 0 Å². The average molecular weight is 418 g/mol. The van der Waals surface area contributed by atoms with Crippen molar-refractivity contribution in [1.82, 2.24) is 15.5 Å². The lowest BCUT2D eigenvalue weighted by atomic mass is 10.1. The zero-order chi connectivity index (χ0) is 21.3. The van der Waals surface area contributed by atoms with Gasteiger partial charge in [-0.15, -0.1) is 0 Å². The minimum atomic E-state index is 0.0848. The number of carbonyl (C=O) groups excluding carboxylic acids is 1. The zero-order valence-corrected chi connectivity index (χ0v) is 19.2. The van der Waals surface area contributed by atoms with Crippen LogP contribution in [0.5, 0.6) is 0 Å². The maximum Gasteiger partial charge on any atom is 0.220 e. The maximum atomic E-state index is 11.9. The summed E-state index contributed by atoms with van der Waals surface area (Å²) in [6.07, 6.45) is 8.51. The monoisotopic (exact) mass is 417 g/mol. The summed E-state index contributed by atoms with van der Waals surface area (Å²) in [5.41, 5.74) is 0. The summed E-state index contributed by atoms with van der Waals surface area (Å²) in [7, 11) is 0. The van der Waals surface area contributed by atoms with Gasteiger partial charge in [0.15, 0.2) is 0 Å². The number of nitrogens with zero attached hydrogens (tertiary/aromatic N) is 1. The highest BCUT2D eigenvalue weighted by atomic mass is 32.2. The first-order chi connectivity index (χ1) is 13.5. The smallest absolute Gasteiger partial charge is 0.220 e. The Bertz CT molecular complexity index is 412. The van der Waals surface area contributed by atoms with E-state index in [1.807, 2.05) is 18.0 Å². The van der Waals surface area contributed by atoms with Crippen LogP contribution >= 0.6 is 11.8 Å². The number of thioether (sulfide) groups is 1. The van der Waals surface area contributed by atoms with Gasteiger partial charge < -0.3 is 20.8 Å². The van der Waals surface area contributed by atoms with Crippen molar-refractivity contribution < 1.29 is 15.0 Å². The number of rotatable bonds is 18. The Morgan fingerprint density at radius 3 is 2.32 bits per heavy atom. The van der Waals surface area contributed by atoms with Crippen LogP contribution < -0.4 is 10.6 Å². The molecule has 0 saturated heterocycles. The molecule has 28 heavy (non-hydrogen) atoms. The molecule has 4 N–H and O–H groups in total. The van der Waals surface area contributed by atoms with E-state index in [0.717, 1.165) is 44.5 Å². The van der Waals surface area contributed by atoms with Gasteiger partial charge in [-0.05, 0) is 31.9 Å². The first-order valence-corrected chi connectivity index (χ1v) is 11.7. The highest BCUT2D eigenvalue weighted by Gasteiger charge is 2.19. The van der Waals surface area contributed by atoms with Crippen LogP contribution in [0, 0.1) is 0 Å². The summed E-state index contributed by atoms with van der Waals surface area (Å²) in [5, 5.41) is 24.5. The molecule has 166 valence electrons. The van der Waals surface area contributed by atoms with E-state index in [9.17, 15) is 4.79 Å². The summed E-state index contributed by atoms with van der Waals surface area (Å²) >= 11 is 1.94. The number of aliphatic hydroxyl groups excluding tert-OH is 2. The molecule has 6 nitrogen and oxygen atoms in total. The molecule has 0 saturated carbocycles. The summed E-state index contributed by atoms with van der Waals surface area (Å²) in [5.74, 6) is 1.08. The minimum absolute atomic E-state index is 0.0848. The first-order valence-electron chi connectivity index (χ1n) is 10.7. The molecular weight excluding hydrogens is 374 g/mol. The third-order valence-corrected chi connectivity index (χ3v) is 6.88. The fraction of sp³-hybridized carbons (Fsp3) is 0.857. The molecular formula is C21H43N3O3S. The quantitative estimate of drug-likeness (QED) is 0.256. The molecule has 0 radical (unpaired) electrons. The Morgan fingerprint density at radius 1 is 1.14 bits per heavy atom. The van der Waals surface area contributed by atoms with Crippen LogP contribution in [-0.4, -0.2) is 77.0 Å². The van der Waals surface area contributed by atoms with Gasteiger partial charge in [-0.1, -0.05) is 33.8 Å². The second-order valence-electron chi connectivity index (χ2n) is 7.23. The highest BCUT2D eigenvalue weighted by Crippen LogP contribution is 2.31. The van der Waals surface area contributed by atoms with Crippen LogP contribution in [0.25, 0.3) is 0 Å². The Morgan fingerprint density at radius 2 is 1.79 bits per heavy atom. The molecule has 0 aromatic rings. The lowest BCUT2D eigenvalue weighted by Crippen LogP contribution is -2.38. The fourth-order valence-electron chi connectivity index (χ4n) is 2.86. The van der Waals surface area contributed by atoms with E-state index in [0.29, 0.717) is 24.3 Å². The van der Waals surface area contributed by atoms with E-state index >= 15 is 0 Å². The number of amides is 1. The number of hydrogen-bond acceptors (Lipinski definition) is 6. The molecule has 0 aliphatic heterocycles. The largest absolute Gasteiger partial charge is 0.395 e. The van der Waals surface area contributed by atoms with Crippen LogP contribution in [-0.2, 0) is 4.79 Å². The Balaban J connectivity index is 3.93. The third-order valence-electron chi connectivity index (χ3n) is 5.19. The highest BCUT2D eigenvalue weighted by molar-refractivity contribution is 8.00. The number of aliphatic hydroxyl groups is 2. The first kappa shape index (κ1) is 27.2. The molecule has 0 spiro atoms. The molecule has 0 fully saturated rings. The SMILES string of the molecule is CCC(C=CNCCCC(=O)NCCSC(C)(CC)CC)N(CCO)CCO. The molecule has 0 aliphatic rings. The summed E-state index contributed by atoms with van der Waals surface area (Å²) in [4.78, 5) is 14.0. The van der Waals surface area contributed by atoms with Crippen molar-refractivity contribution in [2.45, 2.75) is 70.6 Å². The molecule has 0 aromatic carbocycles. The van der Waals surface area contributed by atoms with Crippen LogP contribution in [0.15, 0.2) is 12.3 Å². The molecule has 0 bridgehead atoms. The minimum Gasteiger partial charge on any atom is -0.395 e. The second kappa shape index (κ2) is 17.1. The average Bonchev–Trinajstić information content (AvgIpc) is 2.70. The van der Waals surface area contributed by atoms with Crippen molar-refractivity contribution in [3.05, 3.63) is 12.3 Å². The van der Waals surface area contributed by atoms with Crippen molar-refractivity contribution in [1.29, 1.82) is 0 Å². The van der Waals surface area contributed by atoms with E-state index in [2.05, 4.69) is 49.3 Å². The van der Waals surface area contributed by atoms with Crippen LogP contribution in [0.4, 0.5) is 0 Å². The predicted octanol–water partition coefficient (Wildman–Crippen LogP) is 2.36. The van der Waals surface area contributed by atoms with Gasteiger partial charge in [0.05, 0.1) is 13.2 Å². The van der Waals surface area contributed by atoms with E-state index < -0.39 is 0 Å². The van der Waals surface area contributed by atoms with E-state index in [1.165, 1.54) is 0 Å². The maximum absolute atomic E-state index is 11.9. The van der Waals surface area contributed by atoms with Crippen molar-refractivity contribution >= 4 is 17.7 Å². The van der Waals surface area contributed by atoms with E-state index in [-0.39, 0.29) is 25.2 Å². The van der Waals surface area contributed by atoms with Gasteiger partial charge in [-0.25, -0.2) is 0 Å². The fourth-order valence-corrected chi connectivity index (χ4v) is 3.97. The molecule has 0 heterocycles. The molecule has 0 rings (SSSR count). The van der Waals surface area contributed by atoms with Gasteiger partial charge >= 0.3 is 0 Å². The topological polar surface area (TPSA) is 84.8 Å². The van der Waals surface area contributed by atoms with Gasteiger partial charge in [-0.2, -0.15) is 11.8 Å². The van der Waals surface area contributed by atoms with Crippen LogP contribution in [0.2, 0.25) is 0 Å². The molecule has 1 unspecified atom stereocenters. The predicted molar refractivity (Wildman–Crippen MR) is 121 cm³/mol.